The highest BCUT2D eigenvalue weighted by molar-refractivity contribution is 5.94. The monoisotopic (exact) mass is 182 g/mol. The summed E-state index contributed by atoms with van der Waals surface area (Å²) in [5.74, 6) is 0.707. The third kappa shape index (κ3) is 3.42. The van der Waals surface area contributed by atoms with Crippen molar-refractivity contribution < 1.29 is 13.9 Å². The maximum absolute atomic E-state index is 11.3. The van der Waals surface area contributed by atoms with Gasteiger partial charge in [-0.25, -0.2) is 0 Å². The first-order valence-corrected chi connectivity index (χ1v) is 4.34. The third-order valence-electron chi connectivity index (χ3n) is 1.48. The average Bonchev–Trinajstić information content (AvgIpc) is 2.55. The van der Waals surface area contributed by atoms with Crippen LogP contribution in [-0.2, 0) is 4.74 Å². The van der Waals surface area contributed by atoms with Crippen molar-refractivity contribution in [2.75, 3.05) is 13.2 Å². The highest BCUT2D eigenvalue weighted by Crippen LogP contribution is 2.02. The molecule has 1 rings (SSSR count). The molecule has 1 heterocycles. The second-order valence-electron chi connectivity index (χ2n) is 3.31. The Morgan fingerprint density at radius 1 is 1.62 bits per heavy atom. The van der Waals surface area contributed by atoms with Crippen LogP contribution in [0.4, 0.5) is 0 Å². The minimum absolute atomic E-state index is 0.103. The summed E-state index contributed by atoms with van der Waals surface area (Å²) in [6.45, 7) is 4.78. The molecule has 0 radical (unpaired) electrons. The maximum atomic E-state index is 11.3. The summed E-state index contributed by atoms with van der Waals surface area (Å²) < 4.78 is 10.1. The molecule has 0 saturated heterocycles. The Morgan fingerprint density at radius 2 is 2.38 bits per heavy atom. The van der Waals surface area contributed by atoms with Crippen LogP contribution in [-0.4, -0.2) is 19.0 Å². The van der Waals surface area contributed by atoms with Crippen LogP contribution in [0.15, 0.2) is 22.8 Å². The minimum Gasteiger partial charge on any atom is -0.461 e. The molecule has 0 aliphatic rings. The first-order chi connectivity index (χ1) is 6.20. The van der Waals surface area contributed by atoms with Gasteiger partial charge in [-0.1, -0.05) is 13.8 Å². The van der Waals surface area contributed by atoms with Crippen molar-refractivity contribution in [1.82, 2.24) is 0 Å². The molecule has 13 heavy (non-hydrogen) atoms. The lowest BCUT2D eigenvalue weighted by atomic mass is 10.2. The standard InChI is InChI=1S/C10H14O3/c1-8(2)6-12-7-9(11)10-4-3-5-13-10/h3-5,8H,6-7H2,1-2H3. The van der Waals surface area contributed by atoms with Gasteiger partial charge in [0.15, 0.2) is 5.76 Å². The molecule has 0 atom stereocenters. The second-order valence-corrected chi connectivity index (χ2v) is 3.31. The van der Waals surface area contributed by atoms with Crippen molar-refractivity contribution in [2.24, 2.45) is 5.92 Å². The number of carbonyl (C=O) groups excluding carboxylic acids is 1. The predicted octanol–water partition coefficient (Wildman–Crippen LogP) is 2.13. The van der Waals surface area contributed by atoms with Crippen LogP contribution >= 0.6 is 0 Å². The topological polar surface area (TPSA) is 39.4 Å². The predicted molar refractivity (Wildman–Crippen MR) is 48.7 cm³/mol. The molecule has 0 aromatic carbocycles. The van der Waals surface area contributed by atoms with E-state index in [2.05, 4.69) is 0 Å². The first-order valence-electron chi connectivity index (χ1n) is 4.34. The zero-order valence-corrected chi connectivity index (χ0v) is 7.95. The van der Waals surface area contributed by atoms with Gasteiger partial charge in [0, 0.05) is 6.61 Å². The van der Waals surface area contributed by atoms with E-state index >= 15 is 0 Å². The van der Waals surface area contributed by atoms with Crippen molar-refractivity contribution >= 4 is 5.78 Å². The highest BCUT2D eigenvalue weighted by atomic mass is 16.5. The number of hydrogen-bond acceptors (Lipinski definition) is 3. The molecule has 0 saturated carbocycles. The molecule has 1 aromatic heterocycles. The van der Waals surface area contributed by atoms with Crippen molar-refractivity contribution in [2.45, 2.75) is 13.8 Å². The summed E-state index contributed by atoms with van der Waals surface area (Å²) in [4.78, 5) is 11.3. The molecule has 72 valence electrons. The van der Waals surface area contributed by atoms with E-state index in [-0.39, 0.29) is 12.4 Å². The fraction of sp³-hybridized carbons (Fsp3) is 0.500. The van der Waals surface area contributed by atoms with E-state index in [1.165, 1.54) is 6.26 Å². The molecule has 0 N–H and O–H groups in total. The van der Waals surface area contributed by atoms with E-state index < -0.39 is 0 Å². The smallest absolute Gasteiger partial charge is 0.223 e. The Hall–Kier alpha value is -1.09. The van der Waals surface area contributed by atoms with Crippen LogP contribution in [0.25, 0.3) is 0 Å². The summed E-state index contributed by atoms with van der Waals surface area (Å²) in [7, 11) is 0. The number of ketones is 1. The van der Waals surface area contributed by atoms with Crippen molar-refractivity contribution in [3.8, 4) is 0 Å². The molecular weight excluding hydrogens is 168 g/mol. The van der Waals surface area contributed by atoms with E-state index in [0.29, 0.717) is 18.3 Å². The van der Waals surface area contributed by atoms with Gasteiger partial charge in [-0.05, 0) is 18.1 Å². The van der Waals surface area contributed by atoms with E-state index in [9.17, 15) is 4.79 Å². The molecular formula is C10H14O3. The molecule has 3 heteroatoms. The van der Waals surface area contributed by atoms with Crippen LogP contribution in [0.3, 0.4) is 0 Å². The number of hydrogen-bond donors (Lipinski definition) is 0. The molecule has 0 spiro atoms. The fourth-order valence-electron chi connectivity index (χ4n) is 0.896. The zero-order chi connectivity index (χ0) is 9.68. The van der Waals surface area contributed by atoms with Gasteiger partial charge in [-0.2, -0.15) is 0 Å². The zero-order valence-electron chi connectivity index (χ0n) is 7.95. The number of ether oxygens (including phenoxy) is 1. The number of rotatable bonds is 5. The van der Waals surface area contributed by atoms with Crippen LogP contribution < -0.4 is 0 Å². The van der Waals surface area contributed by atoms with Gasteiger partial charge in [-0.3, -0.25) is 4.79 Å². The highest BCUT2D eigenvalue weighted by Gasteiger charge is 2.08. The average molecular weight is 182 g/mol. The van der Waals surface area contributed by atoms with E-state index in [0.717, 1.165) is 0 Å². The summed E-state index contributed by atoms with van der Waals surface area (Å²) >= 11 is 0. The molecule has 1 aromatic rings. The maximum Gasteiger partial charge on any atom is 0.223 e. The molecule has 0 fully saturated rings. The molecule has 0 aliphatic carbocycles. The van der Waals surface area contributed by atoms with Gasteiger partial charge < -0.3 is 9.15 Å². The van der Waals surface area contributed by atoms with E-state index in [1.807, 2.05) is 13.8 Å². The summed E-state index contributed by atoms with van der Waals surface area (Å²) in [6.07, 6.45) is 1.48. The first kappa shape index (κ1) is 9.99. The Labute approximate surface area is 77.7 Å². The largest absolute Gasteiger partial charge is 0.461 e. The number of Topliss-reactive ketones (excluding diaryl/α,β-unsaturated/α-hetero) is 1. The number of furan rings is 1. The molecule has 0 aliphatic heterocycles. The molecule has 3 nitrogen and oxygen atoms in total. The van der Waals surface area contributed by atoms with Gasteiger partial charge in [0.1, 0.15) is 6.61 Å². The summed E-state index contributed by atoms with van der Waals surface area (Å²) in [5.41, 5.74) is 0. The lowest BCUT2D eigenvalue weighted by Crippen LogP contribution is -2.11. The van der Waals surface area contributed by atoms with Gasteiger partial charge in [-0.15, -0.1) is 0 Å². The quantitative estimate of drug-likeness (QED) is 0.655. The SMILES string of the molecule is CC(C)COCC(=O)c1ccco1. The Kier molecular flexibility index (Phi) is 3.71. The van der Waals surface area contributed by atoms with Crippen molar-refractivity contribution in [3.63, 3.8) is 0 Å². The minimum atomic E-state index is -0.106. The normalized spacial score (nSPS) is 10.7. The Morgan fingerprint density at radius 3 is 2.92 bits per heavy atom. The van der Waals surface area contributed by atoms with Crippen LogP contribution in [0, 0.1) is 5.92 Å². The molecule has 0 bridgehead atoms. The van der Waals surface area contributed by atoms with E-state index in [4.69, 9.17) is 9.15 Å². The third-order valence-corrected chi connectivity index (χ3v) is 1.48. The lowest BCUT2D eigenvalue weighted by Gasteiger charge is -2.04. The van der Waals surface area contributed by atoms with Gasteiger partial charge in [0.25, 0.3) is 0 Å². The van der Waals surface area contributed by atoms with Crippen LogP contribution in [0.1, 0.15) is 24.4 Å². The van der Waals surface area contributed by atoms with Gasteiger partial charge >= 0.3 is 0 Å². The summed E-state index contributed by atoms with van der Waals surface area (Å²) in [5, 5.41) is 0. The summed E-state index contributed by atoms with van der Waals surface area (Å²) in [6, 6.07) is 3.33. The van der Waals surface area contributed by atoms with Crippen LogP contribution in [0.2, 0.25) is 0 Å². The van der Waals surface area contributed by atoms with Crippen molar-refractivity contribution in [3.05, 3.63) is 24.2 Å². The van der Waals surface area contributed by atoms with Crippen LogP contribution in [0.5, 0.6) is 0 Å². The lowest BCUT2D eigenvalue weighted by molar-refractivity contribution is 0.0680. The Balaban J connectivity index is 2.27. The van der Waals surface area contributed by atoms with Gasteiger partial charge in [0.05, 0.1) is 6.26 Å². The van der Waals surface area contributed by atoms with Crippen molar-refractivity contribution in [1.29, 1.82) is 0 Å². The molecule has 0 unspecified atom stereocenters. The van der Waals surface area contributed by atoms with Gasteiger partial charge in [0.2, 0.25) is 5.78 Å². The number of carbonyl (C=O) groups is 1. The second kappa shape index (κ2) is 4.82. The molecule has 0 amide bonds. The Bertz CT molecular complexity index is 249. The van der Waals surface area contributed by atoms with E-state index in [1.54, 1.807) is 12.1 Å². The fourth-order valence-corrected chi connectivity index (χ4v) is 0.896.